The highest BCUT2D eigenvalue weighted by molar-refractivity contribution is 6.34. The van der Waals surface area contributed by atoms with Crippen LogP contribution in [0.1, 0.15) is 11.1 Å². The number of fused-ring (bicyclic) bond motifs is 1. The number of aromatic nitrogens is 2. The topological polar surface area (TPSA) is 50.2 Å². The molecule has 0 atom stereocenters. The number of nitrogens with zero attached hydrogens (tertiary/aromatic N) is 3. The van der Waals surface area contributed by atoms with Gasteiger partial charge in [0.1, 0.15) is 0 Å². The minimum Gasteiger partial charge on any atom is -0.259 e. The predicted octanol–water partition coefficient (Wildman–Crippen LogP) is 4.04. The molecule has 0 bridgehead atoms. The lowest BCUT2D eigenvalue weighted by atomic mass is 10.2. The van der Waals surface area contributed by atoms with Gasteiger partial charge in [0, 0.05) is 10.8 Å². The van der Waals surface area contributed by atoms with E-state index in [1.165, 1.54) is 5.56 Å². The Morgan fingerprint density at radius 1 is 1.00 bits per heavy atom. The second-order valence-electron chi connectivity index (χ2n) is 4.67. The number of benzene rings is 2. The van der Waals surface area contributed by atoms with Crippen LogP contribution in [0.25, 0.3) is 10.8 Å². The van der Waals surface area contributed by atoms with Crippen LogP contribution in [0.15, 0.2) is 53.6 Å². The van der Waals surface area contributed by atoms with Crippen molar-refractivity contribution in [2.45, 2.75) is 6.92 Å². The number of aryl methyl sites for hydroxylation is 1. The first kappa shape index (κ1) is 13.5. The molecule has 4 nitrogen and oxygen atoms in total. The molecule has 0 saturated carbocycles. The number of anilines is 1. The zero-order chi connectivity index (χ0) is 14.7. The highest BCUT2D eigenvalue weighted by Crippen LogP contribution is 2.25. The fourth-order valence-electron chi connectivity index (χ4n) is 1.97. The van der Waals surface area contributed by atoms with Crippen molar-refractivity contribution < 1.29 is 0 Å². The van der Waals surface area contributed by atoms with Crippen molar-refractivity contribution in [3.63, 3.8) is 0 Å². The third-order valence-electron chi connectivity index (χ3n) is 3.10. The molecule has 0 fully saturated rings. The SMILES string of the molecule is Cc1ccc(/C=N\Nc2nnc(Cl)c3ccccc23)cc1. The van der Waals surface area contributed by atoms with Crippen LogP contribution in [0.3, 0.4) is 0 Å². The van der Waals surface area contributed by atoms with Crippen molar-refractivity contribution >= 4 is 34.4 Å². The lowest BCUT2D eigenvalue weighted by Crippen LogP contribution is -1.97. The van der Waals surface area contributed by atoms with E-state index in [0.717, 1.165) is 16.3 Å². The van der Waals surface area contributed by atoms with E-state index in [9.17, 15) is 0 Å². The number of hydrogen-bond acceptors (Lipinski definition) is 4. The average Bonchev–Trinajstić information content (AvgIpc) is 2.52. The van der Waals surface area contributed by atoms with E-state index in [0.29, 0.717) is 11.0 Å². The molecular weight excluding hydrogens is 284 g/mol. The molecule has 5 heteroatoms. The molecule has 3 aromatic rings. The van der Waals surface area contributed by atoms with Crippen molar-refractivity contribution in [3.8, 4) is 0 Å². The smallest absolute Gasteiger partial charge is 0.176 e. The molecule has 2 aromatic carbocycles. The summed E-state index contributed by atoms with van der Waals surface area (Å²) in [7, 11) is 0. The molecule has 0 saturated heterocycles. The third-order valence-corrected chi connectivity index (χ3v) is 3.38. The second-order valence-corrected chi connectivity index (χ2v) is 5.02. The largest absolute Gasteiger partial charge is 0.259 e. The lowest BCUT2D eigenvalue weighted by Gasteiger charge is -2.04. The number of hydrazone groups is 1. The van der Waals surface area contributed by atoms with Crippen LogP contribution in [0.4, 0.5) is 5.82 Å². The molecule has 1 N–H and O–H groups in total. The molecule has 0 unspecified atom stereocenters. The van der Waals surface area contributed by atoms with Gasteiger partial charge in [-0.2, -0.15) is 5.10 Å². The maximum absolute atomic E-state index is 6.03. The van der Waals surface area contributed by atoms with E-state index in [1.807, 2.05) is 48.5 Å². The molecule has 1 heterocycles. The molecule has 0 aliphatic heterocycles. The van der Waals surface area contributed by atoms with E-state index >= 15 is 0 Å². The van der Waals surface area contributed by atoms with Gasteiger partial charge in [-0.15, -0.1) is 10.2 Å². The first-order chi connectivity index (χ1) is 10.2. The summed E-state index contributed by atoms with van der Waals surface area (Å²) in [6.45, 7) is 2.05. The van der Waals surface area contributed by atoms with Gasteiger partial charge in [-0.3, -0.25) is 5.43 Å². The maximum atomic E-state index is 6.03. The molecule has 21 heavy (non-hydrogen) atoms. The molecular formula is C16H13ClN4. The number of nitrogens with one attached hydrogen (secondary N) is 1. The number of hydrogen-bond donors (Lipinski definition) is 1. The molecule has 1 aromatic heterocycles. The monoisotopic (exact) mass is 296 g/mol. The lowest BCUT2D eigenvalue weighted by molar-refractivity contribution is 1.04. The third kappa shape index (κ3) is 3.01. The first-order valence-electron chi connectivity index (χ1n) is 6.51. The van der Waals surface area contributed by atoms with Crippen LogP contribution in [-0.2, 0) is 0 Å². The normalized spacial score (nSPS) is 11.1. The Balaban J connectivity index is 1.85. The standard InChI is InChI=1S/C16H13ClN4/c1-11-6-8-12(9-7-11)10-18-20-16-14-5-3-2-4-13(14)15(17)19-21-16/h2-10H,1H3,(H,20,21)/b18-10-. The van der Waals surface area contributed by atoms with Gasteiger partial charge in [-0.1, -0.05) is 65.7 Å². The van der Waals surface area contributed by atoms with Crippen LogP contribution >= 0.6 is 11.6 Å². The summed E-state index contributed by atoms with van der Waals surface area (Å²) in [6, 6.07) is 15.8. The molecule has 104 valence electrons. The molecule has 0 aliphatic rings. The summed E-state index contributed by atoms with van der Waals surface area (Å²) in [5.74, 6) is 0.582. The van der Waals surface area contributed by atoms with Gasteiger partial charge in [0.25, 0.3) is 0 Å². The van der Waals surface area contributed by atoms with Crippen molar-refractivity contribution in [1.29, 1.82) is 0 Å². The van der Waals surface area contributed by atoms with Crippen LogP contribution in [0, 0.1) is 6.92 Å². The Kier molecular flexibility index (Phi) is 3.79. The van der Waals surface area contributed by atoms with Crippen molar-refractivity contribution in [2.24, 2.45) is 5.10 Å². The van der Waals surface area contributed by atoms with Gasteiger partial charge in [-0.25, -0.2) is 0 Å². The molecule has 0 spiro atoms. The maximum Gasteiger partial charge on any atom is 0.176 e. The zero-order valence-electron chi connectivity index (χ0n) is 11.4. The van der Waals surface area contributed by atoms with E-state index < -0.39 is 0 Å². The molecule has 3 rings (SSSR count). The number of rotatable bonds is 3. The predicted molar refractivity (Wildman–Crippen MR) is 86.9 cm³/mol. The summed E-state index contributed by atoms with van der Waals surface area (Å²) < 4.78 is 0. The average molecular weight is 297 g/mol. The Morgan fingerprint density at radius 3 is 2.48 bits per heavy atom. The van der Waals surface area contributed by atoms with E-state index in [2.05, 4.69) is 27.6 Å². The van der Waals surface area contributed by atoms with Crippen molar-refractivity contribution in [2.75, 3.05) is 5.43 Å². The molecule has 0 amide bonds. The first-order valence-corrected chi connectivity index (χ1v) is 6.88. The fourth-order valence-corrected chi connectivity index (χ4v) is 2.18. The van der Waals surface area contributed by atoms with Crippen LogP contribution in [-0.4, -0.2) is 16.4 Å². The van der Waals surface area contributed by atoms with Crippen LogP contribution in [0.2, 0.25) is 5.15 Å². The zero-order valence-corrected chi connectivity index (χ0v) is 12.2. The highest BCUT2D eigenvalue weighted by Gasteiger charge is 2.05. The van der Waals surface area contributed by atoms with Crippen LogP contribution in [0.5, 0.6) is 0 Å². The molecule has 0 radical (unpaired) electrons. The van der Waals surface area contributed by atoms with Gasteiger partial charge in [-0.05, 0) is 12.5 Å². The quantitative estimate of drug-likeness (QED) is 0.586. The fraction of sp³-hybridized carbons (Fsp3) is 0.0625. The summed E-state index contributed by atoms with van der Waals surface area (Å²) in [5, 5.41) is 14.3. The van der Waals surface area contributed by atoms with Crippen molar-refractivity contribution in [1.82, 2.24) is 10.2 Å². The van der Waals surface area contributed by atoms with E-state index in [4.69, 9.17) is 11.6 Å². The Hall–Kier alpha value is -2.46. The molecule has 0 aliphatic carbocycles. The van der Waals surface area contributed by atoms with E-state index in [-0.39, 0.29) is 0 Å². The van der Waals surface area contributed by atoms with Crippen molar-refractivity contribution in [3.05, 3.63) is 64.8 Å². The minimum absolute atomic E-state index is 0.388. The highest BCUT2D eigenvalue weighted by atomic mass is 35.5. The summed E-state index contributed by atoms with van der Waals surface area (Å²) in [5.41, 5.74) is 5.15. The van der Waals surface area contributed by atoms with E-state index in [1.54, 1.807) is 6.21 Å². The summed E-state index contributed by atoms with van der Waals surface area (Å²) in [6.07, 6.45) is 1.74. The van der Waals surface area contributed by atoms with Gasteiger partial charge < -0.3 is 0 Å². The van der Waals surface area contributed by atoms with Gasteiger partial charge in [0.15, 0.2) is 11.0 Å². The van der Waals surface area contributed by atoms with Gasteiger partial charge in [0.2, 0.25) is 0 Å². The minimum atomic E-state index is 0.388. The van der Waals surface area contributed by atoms with Crippen LogP contribution < -0.4 is 5.43 Å². The second kappa shape index (κ2) is 5.89. The Labute approximate surface area is 127 Å². The Morgan fingerprint density at radius 2 is 1.71 bits per heavy atom. The van der Waals surface area contributed by atoms with Gasteiger partial charge in [0.05, 0.1) is 6.21 Å². The summed E-state index contributed by atoms with van der Waals surface area (Å²) >= 11 is 6.03. The number of halogens is 1. The summed E-state index contributed by atoms with van der Waals surface area (Å²) in [4.78, 5) is 0. The Bertz CT molecular complexity index is 797. The van der Waals surface area contributed by atoms with Gasteiger partial charge >= 0.3 is 0 Å².